The Kier molecular flexibility index (Phi) is 4.09. The summed E-state index contributed by atoms with van der Waals surface area (Å²) in [6, 6.07) is 14.3. The van der Waals surface area contributed by atoms with Crippen molar-refractivity contribution in [3.05, 3.63) is 54.2 Å². The molecule has 3 heterocycles. The molecular formula is C20H19N3O2S. The van der Waals surface area contributed by atoms with Gasteiger partial charge in [-0.1, -0.05) is 23.5 Å². The zero-order valence-corrected chi connectivity index (χ0v) is 15.1. The van der Waals surface area contributed by atoms with Gasteiger partial charge in [0.1, 0.15) is 5.75 Å². The molecule has 0 aliphatic carbocycles. The maximum atomic E-state index is 5.99. The van der Waals surface area contributed by atoms with E-state index in [0.29, 0.717) is 5.19 Å². The normalized spacial score (nSPS) is 15.7. The quantitative estimate of drug-likeness (QED) is 0.582. The van der Waals surface area contributed by atoms with Crippen LogP contribution in [0.3, 0.4) is 0 Å². The number of benzene rings is 2. The number of aromatic amines is 1. The maximum Gasteiger partial charge on any atom is 0.279 e. The Morgan fingerprint density at radius 3 is 2.92 bits per heavy atom. The molecule has 5 rings (SSSR count). The van der Waals surface area contributed by atoms with Crippen LogP contribution < -0.4 is 4.74 Å². The molecule has 2 aromatic carbocycles. The summed E-state index contributed by atoms with van der Waals surface area (Å²) in [7, 11) is 0. The average Bonchev–Trinajstić information content (AvgIpc) is 3.26. The molecule has 1 fully saturated rings. The molecular weight excluding hydrogens is 346 g/mol. The summed E-state index contributed by atoms with van der Waals surface area (Å²) in [5.41, 5.74) is 3.38. The van der Waals surface area contributed by atoms with Crippen molar-refractivity contribution in [1.29, 1.82) is 0 Å². The van der Waals surface area contributed by atoms with Gasteiger partial charge in [0, 0.05) is 42.8 Å². The number of nitrogens with one attached hydrogen (secondary N) is 1. The molecule has 0 radical (unpaired) electrons. The lowest BCUT2D eigenvalue weighted by atomic mass is 10.1. The number of morpholine rings is 1. The van der Waals surface area contributed by atoms with Gasteiger partial charge in [-0.15, -0.1) is 0 Å². The van der Waals surface area contributed by atoms with Crippen molar-refractivity contribution in [2.24, 2.45) is 0 Å². The van der Waals surface area contributed by atoms with Crippen LogP contribution in [0.15, 0.2) is 48.7 Å². The summed E-state index contributed by atoms with van der Waals surface area (Å²) in [6.07, 6.45) is 2.10. The molecule has 5 nitrogen and oxygen atoms in total. The first-order valence-corrected chi connectivity index (χ1v) is 9.60. The highest BCUT2D eigenvalue weighted by molar-refractivity contribution is 7.20. The van der Waals surface area contributed by atoms with Gasteiger partial charge in [0.15, 0.2) is 0 Å². The Morgan fingerprint density at radius 1 is 1.15 bits per heavy atom. The van der Waals surface area contributed by atoms with E-state index in [4.69, 9.17) is 9.47 Å². The van der Waals surface area contributed by atoms with E-state index in [2.05, 4.69) is 33.2 Å². The summed E-state index contributed by atoms with van der Waals surface area (Å²) >= 11 is 1.56. The smallest absolute Gasteiger partial charge is 0.279 e. The van der Waals surface area contributed by atoms with E-state index < -0.39 is 0 Å². The van der Waals surface area contributed by atoms with Crippen LogP contribution >= 0.6 is 11.3 Å². The van der Waals surface area contributed by atoms with Crippen molar-refractivity contribution in [3.8, 4) is 10.9 Å². The van der Waals surface area contributed by atoms with Gasteiger partial charge in [-0.25, -0.2) is 4.98 Å². The highest BCUT2D eigenvalue weighted by Gasteiger charge is 2.14. The molecule has 2 aromatic heterocycles. The third kappa shape index (κ3) is 3.07. The monoisotopic (exact) mass is 365 g/mol. The lowest BCUT2D eigenvalue weighted by Gasteiger charge is -2.26. The van der Waals surface area contributed by atoms with E-state index in [1.807, 2.05) is 30.3 Å². The summed E-state index contributed by atoms with van der Waals surface area (Å²) in [5.74, 6) is 0.802. The largest absolute Gasteiger partial charge is 0.431 e. The maximum absolute atomic E-state index is 5.99. The first-order valence-electron chi connectivity index (χ1n) is 8.79. The minimum absolute atomic E-state index is 0.672. The predicted molar refractivity (Wildman–Crippen MR) is 104 cm³/mol. The lowest BCUT2D eigenvalue weighted by molar-refractivity contribution is 0.0343. The molecule has 0 amide bonds. The molecule has 1 aliphatic rings. The fourth-order valence-electron chi connectivity index (χ4n) is 3.36. The van der Waals surface area contributed by atoms with E-state index >= 15 is 0 Å². The molecule has 1 aliphatic heterocycles. The number of ether oxygens (including phenoxy) is 2. The number of fused-ring (bicyclic) bond motifs is 2. The van der Waals surface area contributed by atoms with Crippen LogP contribution in [0, 0.1) is 0 Å². The summed E-state index contributed by atoms with van der Waals surface area (Å²) in [5, 5.41) is 1.92. The van der Waals surface area contributed by atoms with E-state index in [1.54, 1.807) is 11.3 Å². The molecule has 0 saturated carbocycles. The van der Waals surface area contributed by atoms with Gasteiger partial charge in [-0.3, -0.25) is 4.90 Å². The van der Waals surface area contributed by atoms with Gasteiger partial charge in [0.05, 0.1) is 23.4 Å². The van der Waals surface area contributed by atoms with Gasteiger partial charge >= 0.3 is 0 Å². The van der Waals surface area contributed by atoms with Crippen LogP contribution in [0.2, 0.25) is 0 Å². The molecule has 4 aromatic rings. The zero-order chi connectivity index (χ0) is 17.3. The van der Waals surface area contributed by atoms with Crippen LogP contribution in [0.4, 0.5) is 0 Å². The second kappa shape index (κ2) is 6.72. The molecule has 132 valence electrons. The van der Waals surface area contributed by atoms with Crippen molar-refractivity contribution < 1.29 is 9.47 Å². The molecule has 6 heteroatoms. The summed E-state index contributed by atoms with van der Waals surface area (Å²) in [6.45, 7) is 4.57. The van der Waals surface area contributed by atoms with Crippen LogP contribution in [-0.2, 0) is 11.3 Å². The van der Waals surface area contributed by atoms with Crippen molar-refractivity contribution in [3.63, 3.8) is 0 Å². The molecule has 26 heavy (non-hydrogen) atoms. The van der Waals surface area contributed by atoms with Crippen molar-refractivity contribution >= 4 is 32.5 Å². The Hall–Kier alpha value is -2.41. The Bertz CT molecular complexity index is 1020. The highest BCUT2D eigenvalue weighted by atomic mass is 32.1. The molecule has 1 N–H and O–H groups in total. The second-order valence-corrected chi connectivity index (χ2v) is 7.45. The number of H-pyrrole nitrogens is 1. The standard InChI is InChI=1S/C20H19N3O2S/c1-2-4-19-17(3-1)22-20(26-19)25-15-5-6-16-14(12-21-18(16)11-15)13-23-7-9-24-10-8-23/h1-6,11-12,21H,7-10,13H2. The molecule has 1 saturated heterocycles. The second-order valence-electron chi connectivity index (χ2n) is 6.46. The Labute approximate surface area is 155 Å². The molecule has 0 bridgehead atoms. The topological polar surface area (TPSA) is 50.4 Å². The number of rotatable bonds is 4. The first kappa shape index (κ1) is 15.8. The summed E-state index contributed by atoms with van der Waals surface area (Å²) in [4.78, 5) is 10.3. The van der Waals surface area contributed by atoms with Crippen molar-refractivity contribution in [1.82, 2.24) is 14.9 Å². The fraction of sp³-hybridized carbons (Fsp3) is 0.250. The first-order chi connectivity index (χ1) is 12.8. The third-order valence-corrected chi connectivity index (χ3v) is 5.63. The van der Waals surface area contributed by atoms with Gasteiger partial charge in [-0.2, -0.15) is 0 Å². The third-order valence-electron chi connectivity index (χ3n) is 4.72. The van der Waals surface area contributed by atoms with Crippen molar-refractivity contribution in [2.45, 2.75) is 6.54 Å². The lowest BCUT2D eigenvalue weighted by Crippen LogP contribution is -2.35. The van der Waals surface area contributed by atoms with Crippen LogP contribution in [0.5, 0.6) is 10.9 Å². The minimum atomic E-state index is 0.672. The fourth-order valence-corrected chi connectivity index (χ4v) is 4.19. The van der Waals surface area contributed by atoms with Crippen molar-refractivity contribution in [2.75, 3.05) is 26.3 Å². The van der Waals surface area contributed by atoms with E-state index in [9.17, 15) is 0 Å². The Morgan fingerprint density at radius 2 is 2.04 bits per heavy atom. The molecule has 0 unspecified atom stereocenters. The van der Waals surface area contributed by atoms with Crippen LogP contribution in [0.1, 0.15) is 5.56 Å². The van der Waals surface area contributed by atoms with Gasteiger partial charge < -0.3 is 14.5 Å². The zero-order valence-electron chi connectivity index (χ0n) is 14.3. The van der Waals surface area contributed by atoms with Gasteiger partial charge in [0.25, 0.3) is 5.19 Å². The predicted octanol–water partition coefficient (Wildman–Crippen LogP) is 4.40. The summed E-state index contributed by atoms with van der Waals surface area (Å²) < 4.78 is 12.6. The van der Waals surface area contributed by atoms with Gasteiger partial charge in [-0.05, 0) is 29.8 Å². The Balaban J connectivity index is 1.38. The highest BCUT2D eigenvalue weighted by Crippen LogP contribution is 2.32. The van der Waals surface area contributed by atoms with E-state index in [-0.39, 0.29) is 0 Å². The number of hydrogen-bond acceptors (Lipinski definition) is 5. The number of para-hydroxylation sites is 1. The average molecular weight is 365 g/mol. The van der Waals surface area contributed by atoms with Crippen LogP contribution in [0.25, 0.3) is 21.1 Å². The van der Waals surface area contributed by atoms with Gasteiger partial charge in [0.2, 0.25) is 0 Å². The van der Waals surface area contributed by atoms with E-state index in [0.717, 1.165) is 54.3 Å². The van der Waals surface area contributed by atoms with Crippen LogP contribution in [-0.4, -0.2) is 41.2 Å². The van der Waals surface area contributed by atoms with E-state index in [1.165, 1.54) is 10.9 Å². The molecule has 0 atom stereocenters. The minimum Gasteiger partial charge on any atom is -0.431 e. The number of thiazole rings is 1. The number of hydrogen-bond donors (Lipinski definition) is 1. The SMILES string of the molecule is c1ccc2sc(Oc3ccc4c(CN5CCOCC5)c[nH]c4c3)nc2c1. The number of aromatic nitrogens is 2. The molecule has 0 spiro atoms. The number of nitrogens with zero attached hydrogens (tertiary/aromatic N) is 2.